The molecular formula is C18H42AlN3. The number of hydrogen-bond donors (Lipinski definition) is 0. The molecule has 0 aromatic rings. The van der Waals surface area contributed by atoms with Gasteiger partial charge in [0.25, 0.3) is 14.1 Å². The van der Waals surface area contributed by atoms with Crippen LogP contribution in [0.1, 0.15) is 38.5 Å². The van der Waals surface area contributed by atoms with Crippen LogP contribution in [0.25, 0.3) is 0 Å². The zero-order chi connectivity index (χ0) is 16.8. The summed E-state index contributed by atoms with van der Waals surface area (Å²) in [7, 11) is 13.2. The predicted molar refractivity (Wildman–Crippen MR) is 104 cm³/mol. The summed E-state index contributed by atoms with van der Waals surface area (Å²) in [4.78, 5) is 6.97. The topological polar surface area (TPSA) is 9.72 Å². The van der Waals surface area contributed by atoms with Gasteiger partial charge in [0.2, 0.25) is 0 Å². The lowest BCUT2D eigenvalue weighted by Crippen LogP contribution is -2.18. The van der Waals surface area contributed by atoms with Crippen molar-refractivity contribution in [2.24, 2.45) is 0 Å². The number of hydrogen-bond acceptors (Lipinski definition) is 3. The SMILES string of the molecule is CN(C)CCC[CH2][Al]([CH2]CCCN(C)C)[CH2]CCCN(C)C. The summed E-state index contributed by atoms with van der Waals surface area (Å²) in [5.41, 5.74) is 0. The molecule has 0 N–H and O–H groups in total. The summed E-state index contributed by atoms with van der Waals surface area (Å²) in [6, 6.07) is 0. The highest BCUT2D eigenvalue weighted by atomic mass is 27.2. The van der Waals surface area contributed by atoms with Crippen molar-refractivity contribution < 1.29 is 0 Å². The summed E-state index contributed by atoms with van der Waals surface area (Å²) in [5, 5.41) is 4.74. The molecule has 22 heavy (non-hydrogen) atoms. The number of rotatable bonds is 15. The van der Waals surface area contributed by atoms with E-state index in [0.29, 0.717) is 0 Å². The molecule has 0 saturated carbocycles. The third-order valence-electron chi connectivity index (χ3n) is 4.40. The molecule has 132 valence electrons. The Kier molecular flexibility index (Phi) is 15.3. The van der Waals surface area contributed by atoms with E-state index in [1.54, 1.807) is 15.8 Å². The van der Waals surface area contributed by atoms with E-state index < -0.39 is 14.1 Å². The quantitative estimate of drug-likeness (QED) is 0.337. The van der Waals surface area contributed by atoms with Crippen LogP contribution in [0.5, 0.6) is 0 Å². The third kappa shape index (κ3) is 16.8. The predicted octanol–water partition coefficient (Wildman–Crippen LogP) is 3.51. The third-order valence-corrected chi connectivity index (χ3v) is 8.08. The second-order valence-corrected chi connectivity index (χ2v) is 11.2. The Morgan fingerprint density at radius 1 is 0.455 bits per heavy atom. The van der Waals surface area contributed by atoms with Gasteiger partial charge in [0.15, 0.2) is 0 Å². The Bertz CT molecular complexity index is 194. The monoisotopic (exact) mass is 327 g/mol. The average molecular weight is 328 g/mol. The Morgan fingerprint density at radius 3 is 0.955 bits per heavy atom. The molecule has 0 amide bonds. The molecule has 0 heterocycles. The highest BCUT2D eigenvalue weighted by Gasteiger charge is 2.15. The molecule has 0 aliphatic rings. The van der Waals surface area contributed by atoms with Gasteiger partial charge in [-0.1, -0.05) is 35.1 Å². The van der Waals surface area contributed by atoms with Gasteiger partial charge in [-0.15, -0.1) is 0 Å². The molecule has 0 radical (unpaired) electrons. The van der Waals surface area contributed by atoms with Crippen molar-refractivity contribution in [3.63, 3.8) is 0 Å². The van der Waals surface area contributed by atoms with Gasteiger partial charge in [-0.05, 0) is 81.2 Å². The first-order valence-electron chi connectivity index (χ1n) is 9.36. The summed E-state index contributed by atoms with van der Waals surface area (Å²) in [6.45, 7) is 3.80. The van der Waals surface area contributed by atoms with E-state index in [4.69, 9.17) is 0 Å². The van der Waals surface area contributed by atoms with Crippen LogP contribution in [0.3, 0.4) is 0 Å². The van der Waals surface area contributed by atoms with Gasteiger partial charge in [0.1, 0.15) is 0 Å². The fourth-order valence-corrected chi connectivity index (χ4v) is 6.48. The second-order valence-electron chi connectivity index (χ2n) is 7.76. The van der Waals surface area contributed by atoms with Gasteiger partial charge in [-0.3, -0.25) is 0 Å². The minimum absolute atomic E-state index is 0.478. The number of nitrogens with zero attached hydrogens (tertiary/aromatic N) is 3. The lowest BCUT2D eigenvalue weighted by atomic mass is 10.3. The second kappa shape index (κ2) is 15.0. The van der Waals surface area contributed by atoms with Crippen molar-refractivity contribution >= 4 is 14.1 Å². The summed E-state index contributed by atoms with van der Waals surface area (Å²) < 4.78 is 0. The van der Waals surface area contributed by atoms with E-state index in [2.05, 4.69) is 57.0 Å². The molecule has 0 aliphatic carbocycles. The Morgan fingerprint density at radius 2 is 0.727 bits per heavy atom. The van der Waals surface area contributed by atoms with Crippen molar-refractivity contribution in [1.82, 2.24) is 14.7 Å². The Labute approximate surface area is 145 Å². The minimum Gasteiger partial charge on any atom is -0.309 e. The Balaban J connectivity index is 3.86. The van der Waals surface area contributed by atoms with Gasteiger partial charge in [0, 0.05) is 0 Å². The highest BCUT2D eigenvalue weighted by Crippen LogP contribution is 2.17. The van der Waals surface area contributed by atoms with Crippen molar-refractivity contribution in [2.75, 3.05) is 61.9 Å². The maximum atomic E-state index is 2.32. The van der Waals surface area contributed by atoms with Crippen LogP contribution < -0.4 is 0 Å². The van der Waals surface area contributed by atoms with E-state index in [-0.39, 0.29) is 0 Å². The summed E-state index contributed by atoms with van der Waals surface area (Å²) in [5.74, 6) is 0. The zero-order valence-electron chi connectivity index (χ0n) is 16.4. The van der Waals surface area contributed by atoms with Crippen LogP contribution in [0, 0.1) is 0 Å². The molecule has 0 aliphatic heterocycles. The highest BCUT2D eigenvalue weighted by molar-refractivity contribution is 6.58. The van der Waals surface area contributed by atoms with Crippen LogP contribution in [0.15, 0.2) is 0 Å². The van der Waals surface area contributed by atoms with Crippen LogP contribution in [-0.2, 0) is 0 Å². The minimum atomic E-state index is -0.478. The zero-order valence-corrected chi connectivity index (χ0v) is 17.6. The van der Waals surface area contributed by atoms with E-state index in [9.17, 15) is 0 Å². The summed E-state index contributed by atoms with van der Waals surface area (Å²) in [6.07, 6.45) is 8.59. The lowest BCUT2D eigenvalue weighted by Gasteiger charge is -2.15. The lowest BCUT2D eigenvalue weighted by molar-refractivity contribution is 0.395. The van der Waals surface area contributed by atoms with Crippen molar-refractivity contribution in [3.05, 3.63) is 0 Å². The van der Waals surface area contributed by atoms with Gasteiger partial charge in [0.05, 0.1) is 0 Å². The average Bonchev–Trinajstić information content (AvgIpc) is 2.42. The van der Waals surface area contributed by atoms with Crippen LogP contribution in [-0.4, -0.2) is 90.8 Å². The van der Waals surface area contributed by atoms with Gasteiger partial charge >= 0.3 is 0 Å². The smallest absolute Gasteiger partial charge is 0.261 e. The van der Waals surface area contributed by atoms with E-state index >= 15 is 0 Å². The summed E-state index contributed by atoms with van der Waals surface area (Å²) >= 11 is -0.478. The first kappa shape index (κ1) is 22.4. The maximum absolute atomic E-state index is 2.32. The maximum Gasteiger partial charge on any atom is 0.261 e. The van der Waals surface area contributed by atoms with Crippen molar-refractivity contribution in [2.45, 2.75) is 54.4 Å². The van der Waals surface area contributed by atoms with Gasteiger partial charge < -0.3 is 14.7 Å². The van der Waals surface area contributed by atoms with E-state index in [0.717, 1.165) is 0 Å². The van der Waals surface area contributed by atoms with Crippen LogP contribution in [0.4, 0.5) is 0 Å². The number of unbranched alkanes of at least 4 members (excludes halogenated alkanes) is 3. The molecule has 3 nitrogen and oxygen atoms in total. The van der Waals surface area contributed by atoms with E-state index in [1.807, 2.05) is 0 Å². The molecule has 0 saturated heterocycles. The Hall–Kier alpha value is 0.412. The first-order chi connectivity index (χ1) is 10.4. The molecule has 0 fully saturated rings. The van der Waals surface area contributed by atoms with Crippen LogP contribution in [0.2, 0.25) is 15.8 Å². The van der Waals surface area contributed by atoms with Crippen molar-refractivity contribution in [1.29, 1.82) is 0 Å². The molecule has 0 aromatic heterocycles. The fraction of sp³-hybridized carbons (Fsp3) is 1.00. The molecule has 0 bridgehead atoms. The molecule has 0 aromatic carbocycles. The molecular weight excluding hydrogens is 285 g/mol. The van der Waals surface area contributed by atoms with Gasteiger partial charge in [-0.25, -0.2) is 0 Å². The molecule has 4 heteroatoms. The molecule has 0 spiro atoms. The van der Waals surface area contributed by atoms with Crippen LogP contribution >= 0.6 is 0 Å². The standard InChI is InChI=1S/3C6H14N.Al/c3*1-4-5-6-7(2)3;/h3*1,4-6H2,2-3H3;. The fourth-order valence-electron chi connectivity index (χ4n) is 3.02. The molecule has 0 atom stereocenters. The largest absolute Gasteiger partial charge is 0.309 e. The normalized spacial score (nSPS) is 11.9. The van der Waals surface area contributed by atoms with E-state index in [1.165, 1.54) is 58.2 Å². The first-order valence-corrected chi connectivity index (χ1v) is 11.8. The van der Waals surface area contributed by atoms with Gasteiger partial charge in [-0.2, -0.15) is 0 Å². The molecule has 0 unspecified atom stereocenters. The molecule has 0 rings (SSSR count). The van der Waals surface area contributed by atoms with Crippen molar-refractivity contribution in [3.8, 4) is 0 Å².